The van der Waals surface area contributed by atoms with Crippen LogP contribution in [0.15, 0.2) is 54.6 Å². The summed E-state index contributed by atoms with van der Waals surface area (Å²) in [6.45, 7) is 0. The first kappa shape index (κ1) is 19.0. The van der Waals surface area contributed by atoms with Gasteiger partial charge in [0.1, 0.15) is 5.75 Å². The van der Waals surface area contributed by atoms with E-state index in [1.807, 2.05) is 0 Å². The standard InChI is InChI=1S/C20H13F3N2O3/c1-27-16-9-7-13-4-2-3-5-14(13)18(16)19(26)25-15-8-6-12(11-24)10-17(15)28-20(21,22)23/h2-10H,1H3,(H,25,26). The summed E-state index contributed by atoms with van der Waals surface area (Å²) in [5.41, 5.74) is -0.0979. The van der Waals surface area contributed by atoms with E-state index in [-0.39, 0.29) is 22.6 Å². The molecule has 3 aromatic carbocycles. The summed E-state index contributed by atoms with van der Waals surface area (Å²) in [4.78, 5) is 12.9. The zero-order valence-corrected chi connectivity index (χ0v) is 14.5. The van der Waals surface area contributed by atoms with Crippen LogP contribution in [0.4, 0.5) is 18.9 Å². The van der Waals surface area contributed by atoms with Crippen molar-refractivity contribution in [3.63, 3.8) is 0 Å². The van der Waals surface area contributed by atoms with Gasteiger partial charge in [-0.15, -0.1) is 13.2 Å². The zero-order valence-electron chi connectivity index (χ0n) is 14.5. The highest BCUT2D eigenvalue weighted by molar-refractivity contribution is 6.15. The molecule has 0 heterocycles. The quantitative estimate of drug-likeness (QED) is 0.694. The molecule has 0 radical (unpaired) electrons. The Bertz CT molecular complexity index is 1090. The lowest BCUT2D eigenvalue weighted by Gasteiger charge is -2.16. The van der Waals surface area contributed by atoms with E-state index < -0.39 is 18.0 Å². The molecule has 0 saturated heterocycles. The highest BCUT2D eigenvalue weighted by Gasteiger charge is 2.32. The molecule has 0 atom stereocenters. The average molecular weight is 386 g/mol. The molecule has 0 unspecified atom stereocenters. The number of ether oxygens (including phenoxy) is 2. The van der Waals surface area contributed by atoms with Crippen molar-refractivity contribution >= 4 is 22.4 Å². The molecule has 0 aliphatic rings. The Hall–Kier alpha value is -3.73. The lowest BCUT2D eigenvalue weighted by Crippen LogP contribution is -2.20. The fraction of sp³-hybridized carbons (Fsp3) is 0.100. The third-order valence-corrected chi connectivity index (χ3v) is 3.92. The Morgan fingerprint density at radius 1 is 1.07 bits per heavy atom. The number of hydrogen-bond donors (Lipinski definition) is 1. The van der Waals surface area contributed by atoms with Crippen LogP contribution in [0.5, 0.6) is 11.5 Å². The van der Waals surface area contributed by atoms with Crippen LogP contribution in [0.1, 0.15) is 15.9 Å². The summed E-state index contributed by atoms with van der Waals surface area (Å²) in [6.07, 6.45) is -4.98. The molecular weight excluding hydrogens is 373 g/mol. The topological polar surface area (TPSA) is 71.3 Å². The number of halogens is 3. The number of alkyl halides is 3. The van der Waals surface area contributed by atoms with Crippen molar-refractivity contribution in [2.75, 3.05) is 12.4 Å². The van der Waals surface area contributed by atoms with Crippen molar-refractivity contribution in [1.82, 2.24) is 0 Å². The molecule has 28 heavy (non-hydrogen) atoms. The molecule has 0 spiro atoms. The van der Waals surface area contributed by atoms with E-state index in [4.69, 9.17) is 10.00 Å². The molecule has 5 nitrogen and oxygen atoms in total. The average Bonchev–Trinajstić information content (AvgIpc) is 2.67. The summed E-state index contributed by atoms with van der Waals surface area (Å²) < 4.78 is 47.3. The number of nitrogens with zero attached hydrogens (tertiary/aromatic N) is 1. The van der Waals surface area contributed by atoms with Crippen molar-refractivity contribution in [3.8, 4) is 17.6 Å². The highest BCUT2D eigenvalue weighted by atomic mass is 19.4. The number of nitrogens with one attached hydrogen (secondary N) is 1. The van der Waals surface area contributed by atoms with Gasteiger partial charge in [0.05, 0.1) is 30.0 Å². The molecule has 1 N–H and O–H groups in total. The normalized spacial score (nSPS) is 11.0. The van der Waals surface area contributed by atoms with Crippen molar-refractivity contribution in [2.24, 2.45) is 0 Å². The van der Waals surface area contributed by atoms with Crippen LogP contribution in [0, 0.1) is 11.3 Å². The van der Waals surface area contributed by atoms with Crippen molar-refractivity contribution in [2.45, 2.75) is 6.36 Å². The van der Waals surface area contributed by atoms with E-state index >= 15 is 0 Å². The molecule has 1 amide bonds. The largest absolute Gasteiger partial charge is 0.573 e. The molecule has 8 heteroatoms. The van der Waals surface area contributed by atoms with Gasteiger partial charge in [-0.3, -0.25) is 4.79 Å². The van der Waals surface area contributed by atoms with Crippen LogP contribution >= 0.6 is 0 Å². The Labute approximate surface area is 157 Å². The van der Waals surface area contributed by atoms with E-state index in [1.54, 1.807) is 42.5 Å². The third kappa shape index (κ3) is 3.99. The van der Waals surface area contributed by atoms with Gasteiger partial charge in [-0.2, -0.15) is 5.26 Å². The van der Waals surface area contributed by atoms with Crippen LogP contribution in [0.2, 0.25) is 0 Å². The number of carbonyl (C=O) groups excluding carboxylic acids is 1. The maximum absolute atomic E-state index is 12.9. The summed E-state index contributed by atoms with van der Waals surface area (Å²) in [6, 6.07) is 15.5. The minimum atomic E-state index is -4.98. The number of carbonyl (C=O) groups is 1. The number of rotatable bonds is 4. The van der Waals surface area contributed by atoms with Crippen LogP contribution in [0.3, 0.4) is 0 Å². The maximum Gasteiger partial charge on any atom is 0.573 e. The Morgan fingerprint density at radius 3 is 2.50 bits per heavy atom. The summed E-state index contributed by atoms with van der Waals surface area (Å²) in [7, 11) is 1.39. The van der Waals surface area contributed by atoms with Crippen LogP contribution in [-0.2, 0) is 0 Å². The van der Waals surface area contributed by atoms with Crippen molar-refractivity contribution in [3.05, 3.63) is 65.7 Å². The number of nitriles is 1. The molecule has 0 fully saturated rings. The monoisotopic (exact) mass is 386 g/mol. The van der Waals surface area contributed by atoms with Crippen LogP contribution < -0.4 is 14.8 Å². The van der Waals surface area contributed by atoms with Gasteiger partial charge in [0.2, 0.25) is 0 Å². The minimum absolute atomic E-state index is 0.0417. The molecule has 0 aromatic heterocycles. The second-order valence-corrected chi connectivity index (χ2v) is 5.69. The van der Waals surface area contributed by atoms with E-state index in [1.165, 1.54) is 19.2 Å². The Kier molecular flexibility index (Phi) is 5.09. The summed E-state index contributed by atoms with van der Waals surface area (Å²) in [5.74, 6) is -1.09. The van der Waals surface area contributed by atoms with E-state index in [9.17, 15) is 18.0 Å². The first-order valence-electron chi connectivity index (χ1n) is 7.99. The first-order chi connectivity index (χ1) is 13.3. The second kappa shape index (κ2) is 7.48. The van der Waals surface area contributed by atoms with Gasteiger partial charge in [-0.05, 0) is 29.0 Å². The summed E-state index contributed by atoms with van der Waals surface area (Å²) >= 11 is 0. The van der Waals surface area contributed by atoms with Gasteiger partial charge in [-0.1, -0.05) is 30.3 Å². The zero-order chi connectivity index (χ0) is 20.3. The van der Waals surface area contributed by atoms with E-state index in [0.29, 0.717) is 5.39 Å². The molecule has 142 valence electrons. The highest BCUT2D eigenvalue weighted by Crippen LogP contribution is 2.33. The minimum Gasteiger partial charge on any atom is -0.496 e. The van der Waals surface area contributed by atoms with Gasteiger partial charge < -0.3 is 14.8 Å². The van der Waals surface area contributed by atoms with Crippen molar-refractivity contribution in [1.29, 1.82) is 5.26 Å². The van der Waals surface area contributed by atoms with Gasteiger partial charge in [0.25, 0.3) is 5.91 Å². The number of anilines is 1. The van der Waals surface area contributed by atoms with Crippen molar-refractivity contribution < 1.29 is 27.4 Å². The van der Waals surface area contributed by atoms with Gasteiger partial charge in [0.15, 0.2) is 5.75 Å². The van der Waals surface area contributed by atoms with Gasteiger partial charge in [0, 0.05) is 6.07 Å². The predicted molar refractivity (Wildman–Crippen MR) is 96.3 cm³/mol. The molecule has 0 saturated carbocycles. The maximum atomic E-state index is 12.9. The fourth-order valence-corrected chi connectivity index (χ4v) is 2.74. The predicted octanol–water partition coefficient (Wildman–Crippen LogP) is 4.87. The lowest BCUT2D eigenvalue weighted by atomic mass is 10.0. The number of hydrogen-bond acceptors (Lipinski definition) is 4. The molecule has 0 aliphatic carbocycles. The Morgan fingerprint density at radius 2 is 1.82 bits per heavy atom. The SMILES string of the molecule is COc1ccc2ccccc2c1C(=O)Nc1ccc(C#N)cc1OC(F)(F)F. The Balaban J connectivity index is 2.05. The number of amides is 1. The number of methoxy groups -OCH3 is 1. The molecule has 3 rings (SSSR count). The second-order valence-electron chi connectivity index (χ2n) is 5.69. The molecule has 3 aromatic rings. The molecular formula is C20H13F3N2O3. The van der Waals surface area contributed by atoms with Crippen LogP contribution in [-0.4, -0.2) is 19.4 Å². The van der Waals surface area contributed by atoms with Gasteiger partial charge in [-0.25, -0.2) is 0 Å². The first-order valence-corrected chi connectivity index (χ1v) is 7.99. The lowest BCUT2D eigenvalue weighted by molar-refractivity contribution is -0.274. The van der Waals surface area contributed by atoms with Gasteiger partial charge >= 0.3 is 6.36 Å². The number of benzene rings is 3. The third-order valence-electron chi connectivity index (χ3n) is 3.92. The summed E-state index contributed by atoms with van der Waals surface area (Å²) in [5, 5.41) is 12.7. The molecule has 0 aliphatic heterocycles. The van der Waals surface area contributed by atoms with E-state index in [2.05, 4.69) is 10.1 Å². The smallest absolute Gasteiger partial charge is 0.496 e. The van der Waals surface area contributed by atoms with Crippen LogP contribution in [0.25, 0.3) is 10.8 Å². The van der Waals surface area contributed by atoms with E-state index in [0.717, 1.165) is 11.5 Å². The fourth-order valence-electron chi connectivity index (χ4n) is 2.74. The number of fused-ring (bicyclic) bond motifs is 1. The molecule has 0 bridgehead atoms.